The van der Waals surface area contributed by atoms with Crippen LogP contribution in [0.5, 0.6) is 0 Å². The molecule has 0 aromatic carbocycles. The standard InChI is InChI=1S/C14H23NO2/c1-4-6-8-16-11-14-9-13(12(3)17-14)10-15-7-5-2/h4,9,15H,1,5-8,10-11H2,2-3H3. The summed E-state index contributed by atoms with van der Waals surface area (Å²) in [5, 5.41) is 3.37. The molecular weight excluding hydrogens is 214 g/mol. The minimum atomic E-state index is 0.544. The molecule has 0 saturated heterocycles. The minimum absolute atomic E-state index is 0.544. The second-order valence-electron chi connectivity index (χ2n) is 4.10. The van der Waals surface area contributed by atoms with E-state index in [1.165, 1.54) is 5.56 Å². The Kier molecular flexibility index (Phi) is 6.67. The van der Waals surface area contributed by atoms with Crippen LogP contribution in [0.2, 0.25) is 0 Å². The molecule has 0 radical (unpaired) electrons. The van der Waals surface area contributed by atoms with Gasteiger partial charge >= 0.3 is 0 Å². The molecule has 0 bridgehead atoms. The molecule has 1 N–H and O–H groups in total. The Labute approximate surface area is 104 Å². The number of nitrogens with one attached hydrogen (secondary N) is 1. The van der Waals surface area contributed by atoms with E-state index >= 15 is 0 Å². The zero-order valence-corrected chi connectivity index (χ0v) is 10.9. The molecule has 0 aliphatic rings. The summed E-state index contributed by atoms with van der Waals surface area (Å²) in [4.78, 5) is 0. The average Bonchev–Trinajstić information content (AvgIpc) is 2.66. The van der Waals surface area contributed by atoms with Gasteiger partial charge in [-0.05, 0) is 32.4 Å². The Hall–Kier alpha value is -1.06. The van der Waals surface area contributed by atoms with Crippen LogP contribution in [0.3, 0.4) is 0 Å². The van der Waals surface area contributed by atoms with Gasteiger partial charge in [0.2, 0.25) is 0 Å². The highest BCUT2D eigenvalue weighted by atomic mass is 16.5. The molecule has 96 valence electrons. The molecule has 0 fully saturated rings. The Morgan fingerprint density at radius 3 is 3.06 bits per heavy atom. The zero-order valence-electron chi connectivity index (χ0n) is 10.9. The maximum Gasteiger partial charge on any atom is 0.130 e. The molecule has 1 aromatic heterocycles. The summed E-state index contributed by atoms with van der Waals surface area (Å²) < 4.78 is 11.1. The fraction of sp³-hybridized carbons (Fsp3) is 0.571. The van der Waals surface area contributed by atoms with Crippen LogP contribution in [0.4, 0.5) is 0 Å². The summed E-state index contributed by atoms with van der Waals surface area (Å²) in [5.74, 6) is 1.88. The lowest BCUT2D eigenvalue weighted by molar-refractivity contribution is 0.109. The van der Waals surface area contributed by atoms with Crippen molar-refractivity contribution >= 4 is 0 Å². The lowest BCUT2D eigenvalue weighted by atomic mass is 10.2. The largest absolute Gasteiger partial charge is 0.464 e. The Balaban J connectivity index is 2.35. The fourth-order valence-corrected chi connectivity index (χ4v) is 1.57. The third-order valence-corrected chi connectivity index (χ3v) is 2.52. The highest BCUT2D eigenvalue weighted by molar-refractivity contribution is 5.20. The van der Waals surface area contributed by atoms with Crippen molar-refractivity contribution < 1.29 is 9.15 Å². The smallest absolute Gasteiger partial charge is 0.130 e. The molecule has 0 unspecified atom stereocenters. The molecule has 3 heteroatoms. The van der Waals surface area contributed by atoms with Crippen LogP contribution >= 0.6 is 0 Å². The van der Waals surface area contributed by atoms with Gasteiger partial charge in [0.25, 0.3) is 0 Å². The highest BCUT2D eigenvalue weighted by Crippen LogP contribution is 2.15. The molecule has 1 heterocycles. The summed E-state index contributed by atoms with van der Waals surface area (Å²) in [6.45, 7) is 11.0. The van der Waals surface area contributed by atoms with Crippen molar-refractivity contribution in [3.8, 4) is 0 Å². The van der Waals surface area contributed by atoms with Gasteiger partial charge in [-0.2, -0.15) is 0 Å². The van der Waals surface area contributed by atoms with E-state index in [0.717, 1.165) is 37.5 Å². The number of rotatable bonds is 9. The lowest BCUT2D eigenvalue weighted by Gasteiger charge is -1.99. The normalized spacial score (nSPS) is 10.7. The Morgan fingerprint density at radius 1 is 1.53 bits per heavy atom. The van der Waals surface area contributed by atoms with Gasteiger partial charge in [-0.15, -0.1) is 6.58 Å². The van der Waals surface area contributed by atoms with E-state index in [4.69, 9.17) is 9.15 Å². The van der Waals surface area contributed by atoms with Crippen molar-refractivity contribution in [1.82, 2.24) is 5.32 Å². The van der Waals surface area contributed by atoms with Gasteiger partial charge < -0.3 is 14.5 Å². The third-order valence-electron chi connectivity index (χ3n) is 2.52. The first-order valence-electron chi connectivity index (χ1n) is 6.25. The predicted octanol–water partition coefficient (Wildman–Crippen LogP) is 3.18. The topological polar surface area (TPSA) is 34.4 Å². The van der Waals surface area contributed by atoms with Crippen LogP contribution in [0.25, 0.3) is 0 Å². The molecule has 0 aliphatic heterocycles. The van der Waals surface area contributed by atoms with Gasteiger partial charge in [-0.3, -0.25) is 0 Å². The summed E-state index contributed by atoms with van der Waals surface area (Å²) in [6.07, 6.45) is 3.88. The summed E-state index contributed by atoms with van der Waals surface area (Å²) in [7, 11) is 0. The molecule has 0 saturated carbocycles. The molecule has 3 nitrogen and oxygen atoms in total. The quantitative estimate of drug-likeness (QED) is 0.529. The van der Waals surface area contributed by atoms with E-state index in [1.807, 2.05) is 13.0 Å². The van der Waals surface area contributed by atoms with E-state index in [0.29, 0.717) is 13.2 Å². The van der Waals surface area contributed by atoms with E-state index in [9.17, 15) is 0 Å². The number of hydrogen-bond acceptors (Lipinski definition) is 3. The first-order valence-corrected chi connectivity index (χ1v) is 6.25. The molecular formula is C14H23NO2. The number of aryl methyl sites for hydroxylation is 1. The van der Waals surface area contributed by atoms with Gasteiger partial charge in [0.05, 0.1) is 6.61 Å². The molecule has 17 heavy (non-hydrogen) atoms. The van der Waals surface area contributed by atoms with Crippen LogP contribution in [0.15, 0.2) is 23.1 Å². The first kappa shape index (κ1) is 14.0. The monoisotopic (exact) mass is 237 g/mol. The Bertz CT molecular complexity index is 331. The van der Waals surface area contributed by atoms with Crippen molar-refractivity contribution in [3.05, 3.63) is 35.8 Å². The second-order valence-corrected chi connectivity index (χ2v) is 4.10. The summed E-state index contributed by atoms with van der Waals surface area (Å²) >= 11 is 0. The number of hydrogen-bond donors (Lipinski definition) is 1. The van der Waals surface area contributed by atoms with Crippen molar-refractivity contribution in [2.24, 2.45) is 0 Å². The molecule has 1 rings (SSSR count). The summed E-state index contributed by atoms with van der Waals surface area (Å²) in [6, 6.07) is 2.08. The SMILES string of the molecule is C=CCCOCc1cc(CNCCC)c(C)o1. The van der Waals surface area contributed by atoms with Gasteiger partial charge in [-0.1, -0.05) is 13.0 Å². The maximum absolute atomic E-state index is 5.63. The molecule has 0 aliphatic carbocycles. The molecule has 0 spiro atoms. The predicted molar refractivity (Wildman–Crippen MR) is 69.9 cm³/mol. The van der Waals surface area contributed by atoms with Crippen LogP contribution in [-0.2, 0) is 17.9 Å². The van der Waals surface area contributed by atoms with Gasteiger partial charge in [0, 0.05) is 12.1 Å². The lowest BCUT2D eigenvalue weighted by Crippen LogP contribution is -2.13. The number of ether oxygens (including phenoxy) is 1. The van der Waals surface area contributed by atoms with E-state index < -0.39 is 0 Å². The molecule has 0 atom stereocenters. The van der Waals surface area contributed by atoms with Crippen LogP contribution in [0, 0.1) is 6.92 Å². The minimum Gasteiger partial charge on any atom is -0.464 e. The Morgan fingerprint density at radius 2 is 2.35 bits per heavy atom. The third kappa shape index (κ3) is 5.20. The zero-order chi connectivity index (χ0) is 12.5. The van der Waals surface area contributed by atoms with Crippen molar-refractivity contribution in [1.29, 1.82) is 0 Å². The van der Waals surface area contributed by atoms with Gasteiger partial charge in [0.15, 0.2) is 0 Å². The van der Waals surface area contributed by atoms with Crippen LogP contribution < -0.4 is 5.32 Å². The van der Waals surface area contributed by atoms with E-state index in [2.05, 4.69) is 24.9 Å². The average molecular weight is 237 g/mol. The van der Waals surface area contributed by atoms with Gasteiger partial charge in [0.1, 0.15) is 18.1 Å². The first-order chi connectivity index (χ1) is 8.27. The van der Waals surface area contributed by atoms with Crippen molar-refractivity contribution in [2.45, 2.75) is 39.8 Å². The van der Waals surface area contributed by atoms with Crippen molar-refractivity contribution in [3.63, 3.8) is 0 Å². The number of furan rings is 1. The highest BCUT2D eigenvalue weighted by Gasteiger charge is 2.06. The van der Waals surface area contributed by atoms with Crippen LogP contribution in [-0.4, -0.2) is 13.2 Å². The van der Waals surface area contributed by atoms with E-state index in [-0.39, 0.29) is 0 Å². The molecule has 0 amide bonds. The maximum atomic E-state index is 5.63. The summed E-state index contributed by atoms with van der Waals surface area (Å²) in [5.41, 5.74) is 1.22. The molecule has 1 aromatic rings. The van der Waals surface area contributed by atoms with Crippen LogP contribution in [0.1, 0.15) is 36.8 Å². The second kappa shape index (κ2) is 8.09. The fourth-order valence-electron chi connectivity index (χ4n) is 1.57. The van der Waals surface area contributed by atoms with E-state index in [1.54, 1.807) is 0 Å². The van der Waals surface area contributed by atoms with Gasteiger partial charge in [-0.25, -0.2) is 0 Å². The van der Waals surface area contributed by atoms with Crippen molar-refractivity contribution in [2.75, 3.05) is 13.2 Å².